The van der Waals surface area contributed by atoms with Gasteiger partial charge in [-0.3, -0.25) is 9.69 Å². The first-order valence-corrected chi connectivity index (χ1v) is 8.79. The summed E-state index contributed by atoms with van der Waals surface area (Å²) in [6, 6.07) is 3.92. The minimum Gasteiger partial charge on any atom is -0.294 e. The fraction of sp³-hybridized carbons (Fsp3) is 0.556. The summed E-state index contributed by atoms with van der Waals surface area (Å²) < 4.78 is 1.67. The van der Waals surface area contributed by atoms with Gasteiger partial charge in [0.1, 0.15) is 5.82 Å². The molecule has 1 unspecified atom stereocenters. The lowest BCUT2D eigenvalue weighted by molar-refractivity contribution is 0.216. The molecule has 2 fully saturated rings. The van der Waals surface area contributed by atoms with Crippen molar-refractivity contribution in [3.05, 3.63) is 52.0 Å². The lowest BCUT2D eigenvalue weighted by atomic mass is 10.2. The molecular weight excluding hydrogens is 302 g/mol. The van der Waals surface area contributed by atoms with Crippen LogP contribution < -0.4 is 5.56 Å². The predicted octanol–water partition coefficient (Wildman–Crippen LogP) is 1.88. The highest BCUT2D eigenvalue weighted by molar-refractivity contribution is 5.12. The fourth-order valence-electron chi connectivity index (χ4n) is 3.44. The van der Waals surface area contributed by atoms with Crippen LogP contribution in [0.3, 0.4) is 0 Å². The molecule has 0 amide bonds. The molecule has 6 nitrogen and oxygen atoms in total. The van der Waals surface area contributed by atoms with Crippen LogP contribution in [0.4, 0.5) is 0 Å². The number of rotatable bonds is 5. The van der Waals surface area contributed by atoms with Crippen LogP contribution in [0.2, 0.25) is 0 Å². The van der Waals surface area contributed by atoms with Crippen LogP contribution in [0.5, 0.6) is 0 Å². The maximum atomic E-state index is 12.2. The van der Waals surface area contributed by atoms with Gasteiger partial charge in [0.25, 0.3) is 5.56 Å². The van der Waals surface area contributed by atoms with Gasteiger partial charge in [-0.15, -0.1) is 0 Å². The van der Waals surface area contributed by atoms with E-state index >= 15 is 0 Å². The molecule has 24 heavy (non-hydrogen) atoms. The Kier molecular flexibility index (Phi) is 4.14. The highest BCUT2D eigenvalue weighted by Crippen LogP contribution is 2.38. The van der Waals surface area contributed by atoms with Crippen LogP contribution >= 0.6 is 0 Å². The SMILES string of the molecule is Cc1ncc(CN2CCCC2Cn2nc(C3CC3)ccc2=O)cn1. The number of aryl methyl sites for hydroxylation is 1. The lowest BCUT2D eigenvalue weighted by Gasteiger charge is -2.24. The quantitative estimate of drug-likeness (QED) is 0.840. The van der Waals surface area contributed by atoms with Gasteiger partial charge >= 0.3 is 0 Å². The Labute approximate surface area is 141 Å². The van der Waals surface area contributed by atoms with Crippen molar-refractivity contribution in [2.75, 3.05) is 6.54 Å². The van der Waals surface area contributed by atoms with Crippen molar-refractivity contribution in [3.63, 3.8) is 0 Å². The summed E-state index contributed by atoms with van der Waals surface area (Å²) in [6.45, 7) is 4.46. The van der Waals surface area contributed by atoms with Crippen molar-refractivity contribution in [3.8, 4) is 0 Å². The first-order chi connectivity index (χ1) is 11.7. The molecule has 4 rings (SSSR count). The third-order valence-corrected chi connectivity index (χ3v) is 4.99. The Hall–Kier alpha value is -2.08. The highest BCUT2D eigenvalue weighted by Gasteiger charge is 2.28. The number of aromatic nitrogens is 4. The molecule has 0 aromatic carbocycles. The zero-order valence-electron chi connectivity index (χ0n) is 14.1. The van der Waals surface area contributed by atoms with Crippen molar-refractivity contribution >= 4 is 0 Å². The van der Waals surface area contributed by atoms with E-state index in [1.807, 2.05) is 25.4 Å². The van der Waals surface area contributed by atoms with E-state index in [4.69, 9.17) is 0 Å². The van der Waals surface area contributed by atoms with Gasteiger partial charge in [0.15, 0.2) is 0 Å². The Morgan fingerprint density at radius 3 is 2.71 bits per heavy atom. The first-order valence-electron chi connectivity index (χ1n) is 8.79. The summed E-state index contributed by atoms with van der Waals surface area (Å²) in [5, 5.41) is 4.60. The van der Waals surface area contributed by atoms with Crippen LogP contribution in [-0.4, -0.2) is 37.2 Å². The molecule has 3 heterocycles. The van der Waals surface area contributed by atoms with Gasteiger partial charge in [-0.25, -0.2) is 14.6 Å². The van der Waals surface area contributed by atoms with Crippen LogP contribution in [-0.2, 0) is 13.1 Å². The van der Waals surface area contributed by atoms with Crippen LogP contribution in [0.15, 0.2) is 29.3 Å². The summed E-state index contributed by atoms with van der Waals surface area (Å²) in [4.78, 5) is 23.1. The summed E-state index contributed by atoms with van der Waals surface area (Å²) >= 11 is 0. The largest absolute Gasteiger partial charge is 0.294 e. The molecule has 6 heteroatoms. The zero-order chi connectivity index (χ0) is 16.5. The summed E-state index contributed by atoms with van der Waals surface area (Å²) in [7, 11) is 0. The van der Waals surface area contributed by atoms with E-state index in [1.54, 1.807) is 10.7 Å². The molecule has 0 bridgehead atoms. The minimum atomic E-state index is 0.00455. The second-order valence-electron chi connectivity index (χ2n) is 6.96. The molecule has 1 saturated carbocycles. The topological polar surface area (TPSA) is 63.9 Å². The van der Waals surface area contributed by atoms with Crippen LogP contribution in [0, 0.1) is 6.92 Å². The van der Waals surface area contributed by atoms with E-state index in [-0.39, 0.29) is 5.56 Å². The summed E-state index contributed by atoms with van der Waals surface area (Å²) in [5.74, 6) is 1.37. The molecule has 1 aliphatic heterocycles. The Morgan fingerprint density at radius 1 is 1.17 bits per heavy atom. The average molecular weight is 325 g/mol. The van der Waals surface area contributed by atoms with Gasteiger partial charge in [0.05, 0.1) is 12.2 Å². The molecule has 2 aromatic rings. The maximum absolute atomic E-state index is 12.2. The molecule has 0 N–H and O–H groups in total. The van der Waals surface area contributed by atoms with Crippen LogP contribution in [0.1, 0.15) is 48.7 Å². The first kappa shape index (κ1) is 15.4. The van der Waals surface area contributed by atoms with Gasteiger partial charge < -0.3 is 0 Å². The van der Waals surface area contributed by atoms with Gasteiger partial charge in [0, 0.05) is 42.5 Å². The fourth-order valence-corrected chi connectivity index (χ4v) is 3.44. The number of likely N-dealkylation sites (tertiary alicyclic amines) is 1. The Morgan fingerprint density at radius 2 is 1.96 bits per heavy atom. The maximum Gasteiger partial charge on any atom is 0.266 e. The minimum absolute atomic E-state index is 0.00455. The molecule has 1 atom stereocenters. The zero-order valence-corrected chi connectivity index (χ0v) is 14.1. The molecule has 1 saturated heterocycles. The Bertz CT molecular complexity index is 766. The lowest BCUT2D eigenvalue weighted by Crippen LogP contribution is -2.36. The second-order valence-corrected chi connectivity index (χ2v) is 6.96. The van der Waals surface area contributed by atoms with Crippen molar-refractivity contribution in [1.29, 1.82) is 0 Å². The molecule has 126 valence electrons. The molecular formula is C18H23N5O. The summed E-state index contributed by atoms with van der Waals surface area (Å²) in [5.41, 5.74) is 2.20. The van der Waals surface area contributed by atoms with Crippen molar-refractivity contribution in [2.45, 2.75) is 57.7 Å². The van der Waals surface area contributed by atoms with Gasteiger partial charge in [-0.2, -0.15) is 5.10 Å². The normalized spacial score (nSPS) is 21.3. The predicted molar refractivity (Wildman–Crippen MR) is 90.7 cm³/mol. The average Bonchev–Trinajstić information content (AvgIpc) is 3.34. The molecule has 0 radical (unpaired) electrons. The smallest absolute Gasteiger partial charge is 0.266 e. The molecule has 1 aliphatic carbocycles. The highest BCUT2D eigenvalue weighted by atomic mass is 16.1. The molecule has 0 spiro atoms. The molecule has 2 aromatic heterocycles. The third-order valence-electron chi connectivity index (χ3n) is 4.99. The van der Waals surface area contributed by atoms with Crippen molar-refractivity contribution in [2.24, 2.45) is 0 Å². The van der Waals surface area contributed by atoms with Gasteiger partial charge in [0.2, 0.25) is 0 Å². The van der Waals surface area contributed by atoms with E-state index in [9.17, 15) is 4.79 Å². The van der Waals surface area contributed by atoms with Crippen molar-refractivity contribution in [1.82, 2.24) is 24.6 Å². The number of nitrogens with zero attached hydrogens (tertiary/aromatic N) is 5. The molecule has 2 aliphatic rings. The van der Waals surface area contributed by atoms with Gasteiger partial charge in [-0.1, -0.05) is 0 Å². The van der Waals surface area contributed by atoms with E-state index in [2.05, 4.69) is 20.0 Å². The van der Waals surface area contributed by atoms with E-state index in [0.29, 0.717) is 18.5 Å². The monoisotopic (exact) mass is 325 g/mol. The van der Waals surface area contributed by atoms with E-state index in [1.165, 1.54) is 12.8 Å². The second kappa shape index (κ2) is 6.43. The standard InChI is InChI=1S/C18H23N5O/c1-13-19-9-14(10-20-13)11-22-8-2-3-16(22)12-23-18(24)7-6-17(21-23)15-4-5-15/h6-7,9-10,15-16H,2-5,8,11-12H2,1H3. The summed E-state index contributed by atoms with van der Waals surface area (Å²) in [6.07, 6.45) is 8.47. The van der Waals surface area contributed by atoms with Crippen LogP contribution in [0.25, 0.3) is 0 Å². The number of hydrogen-bond donors (Lipinski definition) is 0. The van der Waals surface area contributed by atoms with E-state index < -0.39 is 0 Å². The van der Waals surface area contributed by atoms with E-state index in [0.717, 1.165) is 43.0 Å². The van der Waals surface area contributed by atoms with Gasteiger partial charge in [-0.05, 0) is 45.2 Å². The number of hydrogen-bond acceptors (Lipinski definition) is 5. The third kappa shape index (κ3) is 3.38. The Balaban J connectivity index is 1.48. The van der Waals surface area contributed by atoms with Crippen molar-refractivity contribution < 1.29 is 0 Å².